The Morgan fingerprint density at radius 1 is 1.13 bits per heavy atom. The molecule has 0 atom stereocenters. The van der Waals surface area contributed by atoms with E-state index < -0.39 is 12.2 Å². The molecule has 0 spiro atoms. The summed E-state index contributed by atoms with van der Waals surface area (Å²) >= 11 is 0. The number of amides is 2. The van der Waals surface area contributed by atoms with Gasteiger partial charge >= 0.3 is 12.2 Å². The molecule has 15 heavy (non-hydrogen) atoms. The van der Waals surface area contributed by atoms with Crippen molar-refractivity contribution < 1.29 is 19.1 Å². The van der Waals surface area contributed by atoms with E-state index in [0.717, 1.165) is 19.3 Å². The molecule has 0 aromatic rings. The molecule has 0 fully saturated rings. The van der Waals surface area contributed by atoms with Crippen molar-refractivity contribution in [1.29, 1.82) is 0 Å². The van der Waals surface area contributed by atoms with Crippen LogP contribution in [0.5, 0.6) is 0 Å². The van der Waals surface area contributed by atoms with Crippen molar-refractivity contribution in [2.75, 3.05) is 13.2 Å². The predicted molar refractivity (Wildman–Crippen MR) is 54.1 cm³/mol. The minimum atomic E-state index is -0.824. The van der Waals surface area contributed by atoms with E-state index in [2.05, 4.69) is 9.47 Å². The average molecular weight is 218 g/mol. The van der Waals surface area contributed by atoms with Crippen LogP contribution < -0.4 is 11.5 Å². The maximum atomic E-state index is 10.4. The molecule has 2 amide bonds. The van der Waals surface area contributed by atoms with Gasteiger partial charge in [0.25, 0.3) is 0 Å². The molecule has 0 aliphatic rings. The number of hydrogen-bond acceptors (Lipinski definition) is 4. The van der Waals surface area contributed by atoms with Crippen LogP contribution in [0.1, 0.15) is 26.2 Å². The van der Waals surface area contributed by atoms with Crippen LogP contribution >= 0.6 is 0 Å². The molecule has 6 nitrogen and oxygen atoms in total. The first-order chi connectivity index (χ1) is 7.06. The number of carbonyl (C=O) groups is 2. The number of ether oxygens (including phenoxy) is 2. The van der Waals surface area contributed by atoms with Gasteiger partial charge in [0.1, 0.15) is 0 Å². The number of nitrogens with two attached hydrogens (primary N) is 2. The molecule has 0 aromatic heterocycles. The highest BCUT2D eigenvalue weighted by Gasteiger charge is 2.12. The van der Waals surface area contributed by atoms with Crippen LogP contribution in [0.15, 0.2) is 0 Å². The van der Waals surface area contributed by atoms with E-state index in [0.29, 0.717) is 0 Å². The average Bonchev–Trinajstić information content (AvgIpc) is 2.16. The second kappa shape index (κ2) is 7.90. The minimum Gasteiger partial charge on any atom is -0.449 e. The summed E-state index contributed by atoms with van der Waals surface area (Å²) < 4.78 is 9.28. The molecule has 0 aliphatic heterocycles. The fourth-order valence-electron chi connectivity index (χ4n) is 1.11. The van der Waals surface area contributed by atoms with Gasteiger partial charge in [0.05, 0.1) is 13.2 Å². The lowest BCUT2D eigenvalue weighted by molar-refractivity contribution is 0.0898. The molecule has 0 heterocycles. The maximum Gasteiger partial charge on any atom is 0.404 e. The highest BCUT2D eigenvalue weighted by molar-refractivity contribution is 5.65. The van der Waals surface area contributed by atoms with Gasteiger partial charge in [-0.05, 0) is 6.42 Å². The summed E-state index contributed by atoms with van der Waals surface area (Å²) in [5.74, 6) is -0.0371. The smallest absolute Gasteiger partial charge is 0.404 e. The van der Waals surface area contributed by atoms with E-state index in [1.807, 2.05) is 6.92 Å². The largest absolute Gasteiger partial charge is 0.449 e. The quantitative estimate of drug-likeness (QED) is 0.664. The van der Waals surface area contributed by atoms with Gasteiger partial charge in [-0.1, -0.05) is 19.8 Å². The molecular formula is C9H18N2O4. The van der Waals surface area contributed by atoms with Crippen LogP contribution in [-0.4, -0.2) is 25.4 Å². The number of unbranched alkanes of at least 4 members (excludes halogenated alkanes) is 1. The lowest BCUT2D eigenvalue weighted by Crippen LogP contribution is -2.25. The van der Waals surface area contributed by atoms with Gasteiger partial charge in [0.2, 0.25) is 0 Å². The summed E-state index contributed by atoms with van der Waals surface area (Å²) in [7, 11) is 0. The zero-order valence-electron chi connectivity index (χ0n) is 8.90. The van der Waals surface area contributed by atoms with E-state index in [1.165, 1.54) is 0 Å². The van der Waals surface area contributed by atoms with Crippen molar-refractivity contribution in [2.45, 2.75) is 26.2 Å². The molecule has 0 bridgehead atoms. The van der Waals surface area contributed by atoms with Gasteiger partial charge < -0.3 is 20.9 Å². The summed E-state index contributed by atoms with van der Waals surface area (Å²) in [6.07, 6.45) is 1.14. The first-order valence-corrected chi connectivity index (χ1v) is 4.90. The number of carbonyl (C=O) groups excluding carboxylic acids is 2. The van der Waals surface area contributed by atoms with Gasteiger partial charge in [-0.3, -0.25) is 0 Å². The molecule has 0 rings (SSSR count). The molecular weight excluding hydrogens is 200 g/mol. The Kier molecular flexibility index (Phi) is 7.13. The van der Waals surface area contributed by atoms with Gasteiger partial charge in [-0.15, -0.1) is 0 Å². The minimum absolute atomic E-state index is 0.0371. The first kappa shape index (κ1) is 13.5. The molecule has 0 aromatic carbocycles. The van der Waals surface area contributed by atoms with E-state index >= 15 is 0 Å². The summed E-state index contributed by atoms with van der Waals surface area (Å²) in [6.45, 7) is 2.35. The Balaban J connectivity index is 3.82. The lowest BCUT2D eigenvalue weighted by atomic mass is 10.0. The Morgan fingerprint density at radius 2 is 1.60 bits per heavy atom. The van der Waals surface area contributed by atoms with Crippen molar-refractivity contribution in [3.8, 4) is 0 Å². The van der Waals surface area contributed by atoms with Crippen LogP contribution in [0.4, 0.5) is 9.59 Å². The van der Waals surface area contributed by atoms with Crippen molar-refractivity contribution in [3.63, 3.8) is 0 Å². The monoisotopic (exact) mass is 218 g/mol. The highest BCUT2D eigenvalue weighted by atomic mass is 16.6. The van der Waals surface area contributed by atoms with Gasteiger partial charge in [-0.2, -0.15) is 0 Å². The molecule has 88 valence electrons. The Hall–Kier alpha value is -1.46. The summed E-state index contributed by atoms with van der Waals surface area (Å²) in [5.41, 5.74) is 9.66. The second-order valence-electron chi connectivity index (χ2n) is 3.27. The fraction of sp³-hybridized carbons (Fsp3) is 0.778. The van der Waals surface area contributed by atoms with Crippen molar-refractivity contribution >= 4 is 12.2 Å². The number of hydrogen-bond donors (Lipinski definition) is 2. The van der Waals surface area contributed by atoms with Gasteiger partial charge in [-0.25, -0.2) is 9.59 Å². The van der Waals surface area contributed by atoms with Gasteiger partial charge in [0, 0.05) is 5.92 Å². The molecule has 0 saturated heterocycles. The van der Waals surface area contributed by atoms with Crippen LogP contribution in [0, 0.1) is 5.92 Å². The molecule has 4 N–H and O–H groups in total. The highest BCUT2D eigenvalue weighted by Crippen LogP contribution is 2.09. The zero-order valence-corrected chi connectivity index (χ0v) is 8.90. The third kappa shape index (κ3) is 8.86. The molecule has 0 aliphatic carbocycles. The summed E-state index contributed by atoms with van der Waals surface area (Å²) in [4.78, 5) is 20.8. The molecule has 0 saturated carbocycles. The summed E-state index contributed by atoms with van der Waals surface area (Å²) in [6, 6.07) is 0. The normalized spacial score (nSPS) is 10.0. The van der Waals surface area contributed by atoms with Crippen LogP contribution in [-0.2, 0) is 9.47 Å². The Morgan fingerprint density at radius 3 is 1.93 bits per heavy atom. The van der Waals surface area contributed by atoms with Crippen molar-refractivity contribution in [1.82, 2.24) is 0 Å². The Bertz CT molecular complexity index is 190. The SMILES string of the molecule is CCCCC(COC(N)=O)COC(N)=O. The topological polar surface area (TPSA) is 105 Å². The fourth-order valence-corrected chi connectivity index (χ4v) is 1.11. The van der Waals surface area contributed by atoms with Crippen molar-refractivity contribution in [3.05, 3.63) is 0 Å². The van der Waals surface area contributed by atoms with Crippen LogP contribution in [0.25, 0.3) is 0 Å². The molecule has 6 heteroatoms. The third-order valence-electron chi connectivity index (χ3n) is 1.89. The third-order valence-corrected chi connectivity index (χ3v) is 1.89. The van der Waals surface area contributed by atoms with Gasteiger partial charge in [0.15, 0.2) is 0 Å². The summed E-state index contributed by atoms with van der Waals surface area (Å²) in [5, 5.41) is 0. The number of rotatable bonds is 7. The van der Waals surface area contributed by atoms with E-state index in [-0.39, 0.29) is 19.1 Å². The Labute approximate surface area is 88.9 Å². The second-order valence-corrected chi connectivity index (χ2v) is 3.27. The molecule has 0 radical (unpaired) electrons. The predicted octanol–water partition coefficient (Wildman–Crippen LogP) is 0.983. The lowest BCUT2D eigenvalue weighted by Gasteiger charge is -2.15. The first-order valence-electron chi connectivity index (χ1n) is 4.90. The maximum absolute atomic E-state index is 10.4. The zero-order chi connectivity index (χ0) is 11.7. The van der Waals surface area contributed by atoms with E-state index in [1.54, 1.807) is 0 Å². The van der Waals surface area contributed by atoms with Crippen LogP contribution in [0.3, 0.4) is 0 Å². The van der Waals surface area contributed by atoms with E-state index in [9.17, 15) is 9.59 Å². The standard InChI is InChI=1S/C9H18N2O4/c1-2-3-4-7(5-14-8(10)12)6-15-9(11)13/h7H,2-6H2,1H3,(H2,10,12)(H2,11,13). The van der Waals surface area contributed by atoms with Crippen LogP contribution in [0.2, 0.25) is 0 Å². The van der Waals surface area contributed by atoms with E-state index in [4.69, 9.17) is 11.5 Å². The number of primary amides is 2. The molecule has 0 unspecified atom stereocenters. The van der Waals surface area contributed by atoms with Crippen molar-refractivity contribution in [2.24, 2.45) is 17.4 Å².